The first-order chi connectivity index (χ1) is 13.5. The van der Waals surface area contributed by atoms with E-state index in [1.165, 1.54) is 6.20 Å². The van der Waals surface area contributed by atoms with Crippen LogP contribution in [0.2, 0.25) is 0 Å². The first-order valence-electron chi connectivity index (χ1n) is 9.26. The van der Waals surface area contributed by atoms with E-state index >= 15 is 0 Å². The molecule has 3 heterocycles. The van der Waals surface area contributed by atoms with Crippen molar-refractivity contribution in [3.05, 3.63) is 60.0 Å². The van der Waals surface area contributed by atoms with Gasteiger partial charge in [0.2, 0.25) is 0 Å². The zero-order chi connectivity index (χ0) is 19.7. The molecule has 0 unspecified atom stereocenters. The zero-order valence-corrected chi connectivity index (χ0v) is 15.7. The van der Waals surface area contributed by atoms with Gasteiger partial charge in [-0.3, -0.25) is 14.3 Å². The fourth-order valence-electron chi connectivity index (χ4n) is 3.61. The molecule has 0 bridgehead atoms. The summed E-state index contributed by atoms with van der Waals surface area (Å²) in [7, 11) is 1.77. The number of rotatable bonds is 4. The summed E-state index contributed by atoms with van der Waals surface area (Å²) in [4.78, 5) is 27.5. The third kappa shape index (κ3) is 3.28. The van der Waals surface area contributed by atoms with Crippen LogP contribution in [-0.4, -0.2) is 49.2 Å². The second kappa shape index (κ2) is 7.30. The fourth-order valence-corrected chi connectivity index (χ4v) is 3.61. The number of carbonyl (C=O) groups is 2. The third-order valence-corrected chi connectivity index (χ3v) is 5.08. The van der Waals surface area contributed by atoms with Crippen LogP contribution in [0.4, 0.5) is 5.82 Å². The molecular weight excluding hydrogens is 356 g/mol. The van der Waals surface area contributed by atoms with Crippen molar-refractivity contribution in [3.8, 4) is 5.69 Å². The van der Waals surface area contributed by atoms with Crippen molar-refractivity contribution in [2.45, 2.75) is 12.8 Å². The average Bonchev–Trinajstić information content (AvgIpc) is 3.33. The first-order valence-corrected chi connectivity index (χ1v) is 9.26. The van der Waals surface area contributed by atoms with Crippen LogP contribution in [0.25, 0.3) is 5.69 Å². The molecule has 1 fully saturated rings. The molecule has 0 saturated carbocycles. The van der Waals surface area contributed by atoms with Crippen LogP contribution in [0.15, 0.2) is 48.8 Å². The SMILES string of the molecule is Cn1ccc(C(=O)N2CCC[C@H](C(=O)c3cnn(-c4ccccc4)c3N)C2)n1. The molecule has 1 amide bonds. The number of ketones is 1. The van der Waals surface area contributed by atoms with Gasteiger partial charge < -0.3 is 10.6 Å². The Morgan fingerprint density at radius 2 is 1.96 bits per heavy atom. The molecule has 3 aromatic rings. The number of nitrogens with zero attached hydrogens (tertiary/aromatic N) is 5. The molecule has 2 N–H and O–H groups in total. The largest absolute Gasteiger partial charge is 0.383 e. The predicted octanol–water partition coefficient (Wildman–Crippen LogP) is 1.92. The van der Waals surface area contributed by atoms with Gasteiger partial charge in [-0.25, -0.2) is 4.68 Å². The molecule has 4 rings (SSSR count). The lowest BCUT2D eigenvalue weighted by Crippen LogP contribution is -2.42. The molecular formula is C20H22N6O2. The van der Waals surface area contributed by atoms with Gasteiger partial charge in [0.15, 0.2) is 5.78 Å². The zero-order valence-electron chi connectivity index (χ0n) is 15.7. The summed E-state index contributed by atoms with van der Waals surface area (Å²) < 4.78 is 3.16. The quantitative estimate of drug-likeness (QED) is 0.699. The number of aromatic nitrogens is 4. The van der Waals surface area contributed by atoms with Crippen LogP contribution in [0.5, 0.6) is 0 Å². The number of anilines is 1. The van der Waals surface area contributed by atoms with E-state index in [9.17, 15) is 9.59 Å². The Kier molecular flexibility index (Phi) is 4.68. The van der Waals surface area contributed by atoms with Crippen molar-refractivity contribution >= 4 is 17.5 Å². The molecule has 1 aliphatic rings. The summed E-state index contributed by atoms with van der Waals surface area (Å²) in [6.45, 7) is 0.988. The summed E-state index contributed by atoms with van der Waals surface area (Å²) >= 11 is 0. The highest BCUT2D eigenvalue weighted by Crippen LogP contribution is 2.26. The number of para-hydroxylation sites is 1. The Morgan fingerprint density at radius 1 is 1.18 bits per heavy atom. The molecule has 1 aliphatic heterocycles. The molecule has 144 valence electrons. The smallest absolute Gasteiger partial charge is 0.274 e. The number of piperidine rings is 1. The molecule has 8 heteroatoms. The van der Waals surface area contributed by atoms with E-state index in [2.05, 4.69) is 10.2 Å². The van der Waals surface area contributed by atoms with Crippen LogP contribution >= 0.6 is 0 Å². The van der Waals surface area contributed by atoms with E-state index in [-0.39, 0.29) is 17.6 Å². The highest BCUT2D eigenvalue weighted by atomic mass is 16.2. The standard InChI is InChI=1S/C20H22N6O2/c1-24-11-9-17(23-24)20(28)25-10-5-6-14(13-25)18(27)16-12-22-26(19(16)21)15-7-3-2-4-8-15/h2-4,7-9,11-12,14H,5-6,10,13,21H2,1H3/t14-/m0/s1. The van der Waals surface area contributed by atoms with E-state index in [4.69, 9.17) is 5.73 Å². The highest BCUT2D eigenvalue weighted by Gasteiger charge is 2.32. The van der Waals surface area contributed by atoms with Gasteiger partial charge in [-0.05, 0) is 31.0 Å². The molecule has 2 aromatic heterocycles. The topological polar surface area (TPSA) is 99.0 Å². The van der Waals surface area contributed by atoms with Gasteiger partial charge in [0.1, 0.15) is 11.5 Å². The predicted molar refractivity (Wildman–Crippen MR) is 104 cm³/mol. The highest BCUT2D eigenvalue weighted by molar-refractivity contribution is 6.02. The molecule has 1 saturated heterocycles. The Hall–Kier alpha value is -3.42. The summed E-state index contributed by atoms with van der Waals surface area (Å²) in [5.41, 5.74) is 7.82. The lowest BCUT2D eigenvalue weighted by atomic mass is 9.90. The van der Waals surface area contributed by atoms with E-state index in [0.29, 0.717) is 30.2 Å². The van der Waals surface area contributed by atoms with Gasteiger partial charge in [-0.2, -0.15) is 10.2 Å². The number of benzene rings is 1. The lowest BCUT2D eigenvalue weighted by Gasteiger charge is -2.31. The van der Waals surface area contributed by atoms with Crippen molar-refractivity contribution < 1.29 is 9.59 Å². The lowest BCUT2D eigenvalue weighted by molar-refractivity contribution is 0.0632. The van der Waals surface area contributed by atoms with Crippen molar-refractivity contribution in [2.75, 3.05) is 18.8 Å². The number of Topliss-reactive ketones (excluding diaryl/α,β-unsaturated/α-hetero) is 1. The van der Waals surface area contributed by atoms with E-state index in [0.717, 1.165) is 18.5 Å². The number of nitrogen functional groups attached to an aromatic ring is 1. The van der Waals surface area contributed by atoms with Crippen LogP contribution in [0.3, 0.4) is 0 Å². The van der Waals surface area contributed by atoms with Crippen molar-refractivity contribution in [1.82, 2.24) is 24.5 Å². The second-order valence-corrected chi connectivity index (χ2v) is 7.02. The fraction of sp³-hybridized carbons (Fsp3) is 0.300. The molecule has 0 radical (unpaired) electrons. The van der Waals surface area contributed by atoms with Crippen LogP contribution in [0, 0.1) is 5.92 Å². The minimum atomic E-state index is -0.294. The summed E-state index contributed by atoms with van der Waals surface area (Å²) in [6.07, 6.45) is 4.74. The molecule has 28 heavy (non-hydrogen) atoms. The van der Waals surface area contributed by atoms with Gasteiger partial charge in [0.05, 0.1) is 17.4 Å². The van der Waals surface area contributed by atoms with Gasteiger partial charge in [0.25, 0.3) is 5.91 Å². The first kappa shape index (κ1) is 18.0. The normalized spacial score (nSPS) is 16.9. The Balaban J connectivity index is 1.52. The van der Waals surface area contributed by atoms with E-state index in [1.807, 2.05) is 30.3 Å². The number of amides is 1. The second-order valence-electron chi connectivity index (χ2n) is 7.02. The summed E-state index contributed by atoms with van der Waals surface area (Å²) in [5.74, 6) is -0.189. The number of hydrogen-bond acceptors (Lipinski definition) is 5. The molecule has 8 nitrogen and oxygen atoms in total. The maximum absolute atomic E-state index is 13.1. The van der Waals surface area contributed by atoms with Gasteiger partial charge in [-0.1, -0.05) is 18.2 Å². The van der Waals surface area contributed by atoms with Crippen LogP contribution in [0.1, 0.15) is 33.7 Å². The Labute approximate surface area is 162 Å². The third-order valence-electron chi connectivity index (χ3n) is 5.08. The summed E-state index contributed by atoms with van der Waals surface area (Å²) in [5, 5.41) is 8.46. The van der Waals surface area contributed by atoms with Crippen molar-refractivity contribution in [1.29, 1.82) is 0 Å². The van der Waals surface area contributed by atoms with Gasteiger partial charge >= 0.3 is 0 Å². The number of carbonyl (C=O) groups excluding carboxylic acids is 2. The monoisotopic (exact) mass is 378 g/mol. The minimum absolute atomic E-state index is 0.0711. The maximum Gasteiger partial charge on any atom is 0.274 e. The number of likely N-dealkylation sites (tertiary alicyclic amines) is 1. The molecule has 0 spiro atoms. The summed E-state index contributed by atoms with van der Waals surface area (Å²) in [6, 6.07) is 11.1. The number of hydrogen-bond donors (Lipinski definition) is 1. The van der Waals surface area contributed by atoms with E-state index < -0.39 is 0 Å². The van der Waals surface area contributed by atoms with Gasteiger partial charge in [0, 0.05) is 32.3 Å². The maximum atomic E-state index is 13.1. The van der Waals surface area contributed by atoms with Crippen LogP contribution < -0.4 is 5.73 Å². The minimum Gasteiger partial charge on any atom is -0.383 e. The number of aryl methyl sites for hydroxylation is 1. The molecule has 0 aliphatic carbocycles. The molecule has 1 aromatic carbocycles. The van der Waals surface area contributed by atoms with Crippen molar-refractivity contribution in [2.24, 2.45) is 13.0 Å². The van der Waals surface area contributed by atoms with E-state index in [1.54, 1.807) is 33.6 Å². The van der Waals surface area contributed by atoms with Gasteiger partial charge in [-0.15, -0.1) is 0 Å². The Bertz CT molecular complexity index is 1010. The number of nitrogens with two attached hydrogens (primary N) is 1. The van der Waals surface area contributed by atoms with Crippen LogP contribution in [-0.2, 0) is 7.05 Å². The molecule has 1 atom stereocenters. The van der Waals surface area contributed by atoms with Crippen molar-refractivity contribution in [3.63, 3.8) is 0 Å². The average molecular weight is 378 g/mol. The Morgan fingerprint density at radius 3 is 2.68 bits per heavy atom.